The topological polar surface area (TPSA) is 35.5 Å². The highest BCUT2D eigenvalue weighted by molar-refractivity contribution is 6.70. The maximum absolute atomic E-state index is 14.1. The van der Waals surface area contributed by atoms with E-state index in [0.29, 0.717) is 38.5 Å². The summed E-state index contributed by atoms with van der Waals surface area (Å²) in [5, 5.41) is 0. The molecule has 0 aromatic carbocycles. The van der Waals surface area contributed by atoms with Gasteiger partial charge in [0.1, 0.15) is 5.78 Å². The van der Waals surface area contributed by atoms with Gasteiger partial charge in [0.15, 0.2) is 16.6 Å². The molecule has 2 aliphatic carbocycles. The summed E-state index contributed by atoms with van der Waals surface area (Å²) in [7, 11) is -5.17. The zero-order chi connectivity index (χ0) is 31.9. The summed E-state index contributed by atoms with van der Waals surface area (Å²) in [6.07, 6.45) is -6.24. The number of carbonyl (C=O) groups excluding carboxylic acids is 1. The van der Waals surface area contributed by atoms with Gasteiger partial charge < -0.3 is 8.85 Å². The summed E-state index contributed by atoms with van der Waals surface area (Å²) < 4.78 is 96.0. The van der Waals surface area contributed by atoms with Crippen molar-refractivity contribution in [3.63, 3.8) is 0 Å². The van der Waals surface area contributed by atoms with Crippen LogP contribution in [0.15, 0.2) is 0 Å². The van der Waals surface area contributed by atoms with E-state index in [1.54, 1.807) is 5.92 Å². The average Bonchev–Trinajstić information content (AvgIpc) is 3.07. The van der Waals surface area contributed by atoms with E-state index in [2.05, 4.69) is 32.5 Å². The molecule has 11 heteroatoms. The fraction of sp³-hybridized carbons (Fsp3) is 0.900. The lowest BCUT2D eigenvalue weighted by molar-refractivity contribution is -0.336. The van der Waals surface area contributed by atoms with Gasteiger partial charge in [0, 0.05) is 18.8 Å². The van der Waals surface area contributed by atoms with Gasteiger partial charge in [-0.15, -0.1) is 0 Å². The number of alkyl halides is 6. The van der Waals surface area contributed by atoms with Crippen LogP contribution < -0.4 is 0 Å². The maximum Gasteiger partial charge on any atom is 0.437 e. The molecule has 0 saturated heterocycles. The van der Waals surface area contributed by atoms with E-state index in [9.17, 15) is 31.1 Å². The summed E-state index contributed by atoms with van der Waals surface area (Å²) in [6.45, 7) is 18.2. The molecule has 0 aromatic rings. The first kappa shape index (κ1) is 36.4. The van der Waals surface area contributed by atoms with Crippen LogP contribution in [0, 0.1) is 34.5 Å². The van der Waals surface area contributed by atoms with E-state index >= 15 is 0 Å². The van der Waals surface area contributed by atoms with Gasteiger partial charge in [-0.2, -0.15) is 26.3 Å². The number of rotatable bonds is 10. The number of halogens is 6. The fourth-order valence-electron chi connectivity index (χ4n) is 7.53. The van der Waals surface area contributed by atoms with E-state index in [4.69, 9.17) is 8.85 Å². The molecule has 4 atom stereocenters. The van der Waals surface area contributed by atoms with Gasteiger partial charge in [-0.3, -0.25) is 4.79 Å². The van der Waals surface area contributed by atoms with Crippen LogP contribution in [-0.2, 0) is 13.6 Å². The van der Waals surface area contributed by atoms with Crippen LogP contribution in [0.5, 0.6) is 0 Å². The van der Waals surface area contributed by atoms with Crippen LogP contribution in [0.2, 0.25) is 39.3 Å². The molecule has 0 amide bonds. The van der Waals surface area contributed by atoms with Crippen molar-refractivity contribution in [2.24, 2.45) is 22.7 Å². The second-order valence-electron chi connectivity index (χ2n) is 15.4. The number of fused-ring (bicyclic) bond motifs is 1. The number of ketones is 1. The number of Topliss-reactive ketones (excluding diaryl/α,β-unsaturated/α-hetero) is 1. The molecule has 2 rings (SSSR count). The Morgan fingerprint density at radius 2 is 1.41 bits per heavy atom. The van der Waals surface area contributed by atoms with Crippen molar-refractivity contribution in [3.05, 3.63) is 0 Å². The van der Waals surface area contributed by atoms with Crippen molar-refractivity contribution in [2.75, 3.05) is 0 Å². The molecule has 3 unspecified atom stereocenters. The first-order valence-corrected chi connectivity index (χ1v) is 21.6. The minimum absolute atomic E-state index is 0.0522. The molecule has 0 spiro atoms. The Labute approximate surface area is 245 Å². The molecule has 238 valence electrons. The summed E-state index contributed by atoms with van der Waals surface area (Å²) in [5.41, 5.74) is -5.99. The molecule has 0 radical (unpaired) electrons. The van der Waals surface area contributed by atoms with Gasteiger partial charge in [-0.25, -0.2) is 0 Å². The zero-order valence-electron chi connectivity index (χ0n) is 26.5. The van der Waals surface area contributed by atoms with Gasteiger partial charge >= 0.3 is 18.0 Å². The molecule has 0 aliphatic heterocycles. The van der Waals surface area contributed by atoms with E-state index in [1.165, 1.54) is 19.6 Å². The predicted molar refractivity (Wildman–Crippen MR) is 155 cm³/mol. The van der Waals surface area contributed by atoms with Crippen molar-refractivity contribution in [1.82, 2.24) is 0 Å². The summed E-state index contributed by atoms with van der Waals surface area (Å²) in [6, 6.07) is 0. The van der Waals surface area contributed by atoms with Crippen LogP contribution in [0.25, 0.3) is 0 Å². The zero-order valence-corrected chi connectivity index (χ0v) is 28.5. The van der Waals surface area contributed by atoms with Gasteiger partial charge in [0.2, 0.25) is 0 Å². The van der Waals surface area contributed by atoms with Gasteiger partial charge in [-0.05, 0) is 114 Å². The van der Waals surface area contributed by atoms with Crippen molar-refractivity contribution in [1.29, 1.82) is 0 Å². The monoisotopic (exact) mass is 628 g/mol. The Morgan fingerprint density at radius 1 is 0.878 bits per heavy atom. The van der Waals surface area contributed by atoms with Gasteiger partial charge in [-0.1, -0.05) is 26.2 Å². The standard InChI is InChI=1S/C30H50F6O3Si2/c1-25(2,38-40(5,6)7)17-12-18-26(3,24-16-15-22-23(37)14-11-20-27(22,24)4)19-13-21-28(29(31,32)33,30(34,35)36)39-41(8,9)10/h22,24H,11-12,14-20H2,1-10H3/t22?,24?,26-,27?/m0/s1. The Bertz CT molecular complexity index is 985. The largest absolute Gasteiger partial charge is 0.437 e. The van der Waals surface area contributed by atoms with Gasteiger partial charge in [0.05, 0.1) is 5.60 Å². The van der Waals surface area contributed by atoms with Gasteiger partial charge in [0.25, 0.3) is 0 Å². The summed E-state index contributed by atoms with van der Waals surface area (Å²) in [5.74, 6) is 4.03. The van der Waals surface area contributed by atoms with E-state index in [1.807, 2.05) is 20.8 Å². The molecule has 2 fully saturated rings. The van der Waals surface area contributed by atoms with E-state index < -0.39 is 45.6 Å². The number of carbonyl (C=O) groups is 1. The normalized spacial score (nSPS) is 26.3. The molecule has 0 heterocycles. The molecular weight excluding hydrogens is 578 g/mol. The van der Waals surface area contributed by atoms with Crippen LogP contribution in [0.3, 0.4) is 0 Å². The highest BCUT2D eigenvalue weighted by atomic mass is 28.4. The lowest BCUT2D eigenvalue weighted by atomic mass is 9.56. The van der Waals surface area contributed by atoms with Crippen molar-refractivity contribution >= 4 is 22.4 Å². The molecule has 3 nitrogen and oxygen atoms in total. The molecule has 2 saturated carbocycles. The van der Waals surface area contributed by atoms with Crippen molar-refractivity contribution < 1.29 is 40.0 Å². The third-order valence-electron chi connectivity index (χ3n) is 8.83. The Kier molecular flexibility index (Phi) is 10.6. The predicted octanol–water partition coefficient (Wildman–Crippen LogP) is 9.69. The van der Waals surface area contributed by atoms with Crippen LogP contribution >= 0.6 is 0 Å². The minimum Gasteiger partial charge on any atom is -0.413 e. The minimum atomic E-state index is -5.76. The summed E-state index contributed by atoms with van der Waals surface area (Å²) >= 11 is 0. The molecule has 2 aliphatic rings. The first-order valence-electron chi connectivity index (χ1n) is 14.7. The van der Waals surface area contributed by atoms with Crippen LogP contribution in [-0.4, -0.2) is 46.0 Å². The fourth-order valence-corrected chi connectivity index (χ4v) is 10.5. The summed E-state index contributed by atoms with van der Waals surface area (Å²) in [4.78, 5) is 12.8. The van der Waals surface area contributed by atoms with E-state index in [-0.39, 0.29) is 29.5 Å². The lowest BCUT2D eigenvalue weighted by Gasteiger charge is -2.48. The number of hydrogen-bond donors (Lipinski definition) is 0. The third kappa shape index (κ3) is 8.63. The van der Waals surface area contributed by atoms with Crippen molar-refractivity contribution in [2.45, 2.75) is 148 Å². The molecular formula is C30H50F6O3Si2. The smallest absolute Gasteiger partial charge is 0.413 e. The Balaban J connectivity index is 2.51. The molecule has 0 N–H and O–H groups in total. The number of hydrogen-bond acceptors (Lipinski definition) is 3. The van der Waals surface area contributed by atoms with E-state index in [0.717, 1.165) is 12.8 Å². The highest BCUT2D eigenvalue weighted by Crippen LogP contribution is 2.61. The highest BCUT2D eigenvalue weighted by Gasteiger charge is 2.73. The Morgan fingerprint density at radius 3 is 1.90 bits per heavy atom. The first-order chi connectivity index (χ1) is 18.2. The van der Waals surface area contributed by atoms with Crippen LogP contribution in [0.1, 0.15) is 85.5 Å². The second-order valence-corrected chi connectivity index (χ2v) is 24.2. The molecule has 41 heavy (non-hydrogen) atoms. The van der Waals surface area contributed by atoms with Crippen molar-refractivity contribution in [3.8, 4) is 11.8 Å². The molecule has 0 bridgehead atoms. The maximum atomic E-state index is 14.1. The molecule has 0 aromatic heterocycles. The average molecular weight is 629 g/mol. The lowest BCUT2D eigenvalue weighted by Crippen LogP contribution is -2.61. The second kappa shape index (κ2) is 11.9. The quantitative estimate of drug-likeness (QED) is 0.137. The Hall–Kier alpha value is -0.836. The third-order valence-corrected chi connectivity index (χ3v) is 10.9. The SMILES string of the molecule is CC(C)(CCC[C@@](C)(CC#CC(O[Si](C)(C)C)(C(F)(F)F)C(F)(F)F)C1CCC2C(=O)CCCC21C)O[Si](C)(C)C. The van der Waals surface area contributed by atoms with Crippen LogP contribution in [0.4, 0.5) is 26.3 Å².